The average Bonchev–Trinajstić information content (AvgIpc) is 3.11. The van der Waals surface area contributed by atoms with Crippen LogP contribution in [0.1, 0.15) is 18.1 Å². The highest BCUT2D eigenvalue weighted by molar-refractivity contribution is 6.03. The topological polar surface area (TPSA) is 220 Å². The first kappa shape index (κ1) is 36.8. The standard InChI is InChI=1S/C36H40N2O12/c1-20(41)47-35-33(45)31(19-40)50-36(34(35)46)49-29(16-37-14-21-10-12-27(42)25-8-4-2-6-23(21)25)30(18-39)48-32(44)17-38-15-22-11-13-28(43)26-9-5-3-7-24(22)26/h2-15,29-36,39-40,42-46H,16-19H2,1H3/t29-,30+,31+,32+,33+,34+,35-,36+/m1/s1. The lowest BCUT2D eigenvalue weighted by Crippen LogP contribution is -2.61. The summed E-state index contributed by atoms with van der Waals surface area (Å²) in [6.07, 6.45) is -8.69. The fraction of sp³-hybridized carbons (Fsp3) is 0.361. The molecule has 0 spiro atoms. The molecule has 0 aliphatic carbocycles. The van der Waals surface area contributed by atoms with Crippen molar-refractivity contribution in [2.45, 2.75) is 56.1 Å². The lowest BCUT2D eigenvalue weighted by atomic mass is 9.99. The number of aliphatic imine (C=N–C) groups is 2. The smallest absolute Gasteiger partial charge is 0.303 e. The van der Waals surface area contributed by atoms with E-state index < -0.39 is 68.4 Å². The molecule has 4 aromatic rings. The predicted molar refractivity (Wildman–Crippen MR) is 182 cm³/mol. The quantitative estimate of drug-likeness (QED) is 0.0567. The van der Waals surface area contributed by atoms with Gasteiger partial charge in [-0.3, -0.25) is 14.8 Å². The van der Waals surface area contributed by atoms with Gasteiger partial charge in [0.2, 0.25) is 0 Å². The highest BCUT2D eigenvalue weighted by Crippen LogP contribution is 2.29. The molecule has 4 aromatic carbocycles. The molecule has 1 saturated heterocycles. The molecule has 1 heterocycles. The van der Waals surface area contributed by atoms with Gasteiger partial charge in [0.15, 0.2) is 18.7 Å². The Kier molecular flexibility index (Phi) is 12.5. The van der Waals surface area contributed by atoms with E-state index in [-0.39, 0.29) is 24.6 Å². The molecule has 1 fully saturated rings. The monoisotopic (exact) mass is 692 g/mol. The van der Waals surface area contributed by atoms with Crippen molar-refractivity contribution in [3.05, 3.63) is 83.9 Å². The Morgan fingerprint density at radius 2 is 1.34 bits per heavy atom. The Morgan fingerprint density at radius 1 is 0.800 bits per heavy atom. The summed E-state index contributed by atoms with van der Waals surface area (Å²) >= 11 is 0. The fourth-order valence-electron chi connectivity index (χ4n) is 5.74. The third-order valence-electron chi connectivity index (χ3n) is 8.24. The van der Waals surface area contributed by atoms with E-state index in [1.807, 2.05) is 24.3 Å². The first-order chi connectivity index (χ1) is 24.1. The van der Waals surface area contributed by atoms with Gasteiger partial charge in [-0.15, -0.1) is 0 Å². The number of aliphatic hydroxyl groups is 5. The largest absolute Gasteiger partial charge is 0.507 e. The molecule has 0 unspecified atom stereocenters. The van der Waals surface area contributed by atoms with E-state index in [0.717, 1.165) is 12.3 Å². The van der Waals surface area contributed by atoms with Crippen molar-refractivity contribution in [2.24, 2.45) is 9.98 Å². The summed E-state index contributed by atoms with van der Waals surface area (Å²) in [5.41, 5.74) is 1.34. The first-order valence-electron chi connectivity index (χ1n) is 15.9. The fourth-order valence-corrected chi connectivity index (χ4v) is 5.74. The molecule has 266 valence electrons. The predicted octanol–water partition coefficient (Wildman–Crippen LogP) is 1.39. The lowest BCUT2D eigenvalue weighted by molar-refractivity contribution is -0.322. The van der Waals surface area contributed by atoms with Gasteiger partial charge in [-0.05, 0) is 35.0 Å². The van der Waals surface area contributed by atoms with E-state index in [0.29, 0.717) is 27.3 Å². The molecule has 1 aliphatic heterocycles. The summed E-state index contributed by atoms with van der Waals surface area (Å²) in [4.78, 5) is 20.5. The molecule has 14 nitrogen and oxygen atoms in total. The number of nitrogens with zero attached hydrogens (tertiary/aromatic N) is 2. The Balaban J connectivity index is 1.36. The normalized spacial score (nSPS) is 23.0. The number of ether oxygens (including phenoxy) is 4. The number of esters is 1. The van der Waals surface area contributed by atoms with Crippen LogP contribution >= 0.6 is 0 Å². The van der Waals surface area contributed by atoms with Crippen LogP contribution in [-0.2, 0) is 23.7 Å². The van der Waals surface area contributed by atoms with Gasteiger partial charge in [0.05, 0.1) is 26.3 Å². The van der Waals surface area contributed by atoms with Crippen LogP contribution < -0.4 is 0 Å². The number of phenolic OH excluding ortho intramolecular Hbond substituents is 2. The van der Waals surface area contributed by atoms with Gasteiger partial charge < -0.3 is 54.7 Å². The highest BCUT2D eigenvalue weighted by atomic mass is 16.7. The van der Waals surface area contributed by atoms with E-state index in [9.17, 15) is 40.5 Å². The van der Waals surface area contributed by atoms with Gasteiger partial charge in [0.25, 0.3) is 0 Å². The minimum absolute atomic E-state index is 0.0920. The summed E-state index contributed by atoms with van der Waals surface area (Å²) in [6.45, 7) is -0.764. The van der Waals surface area contributed by atoms with Crippen molar-refractivity contribution in [2.75, 3.05) is 26.3 Å². The van der Waals surface area contributed by atoms with Crippen LogP contribution in [0.3, 0.4) is 0 Å². The minimum Gasteiger partial charge on any atom is -0.507 e. The molecular formula is C36H40N2O12. The number of hydrogen-bond acceptors (Lipinski definition) is 14. The van der Waals surface area contributed by atoms with Crippen LogP contribution in [0.5, 0.6) is 11.5 Å². The molecule has 0 aromatic heterocycles. The number of carbonyl (C=O) groups excluding carboxylic acids is 1. The Hall–Kier alpha value is -4.51. The van der Waals surface area contributed by atoms with E-state index in [4.69, 9.17) is 18.9 Å². The van der Waals surface area contributed by atoms with Gasteiger partial charge in [-0.2, -0.15) is 0 Å². The number of aromatic hydroxyl groups is 2. The molecule has 14 heteroatoms. The molecule has 8 atom stereocenters. The number of aliphatic hydroxyl groups excluding tert-OH is 5. The van der Waals surface area contributed by atoms with Crippen LogP contribution in [-0.4, -0.2) is 130 Å². The van der Waals surface area contributed by atoms with Gasteiger partial charge in [-0.1, -0.05) is 48.5 Å². The summed E-state index contributed by atoms with van der Waals surface area (Å²) in [5, 5.41) is 75.6. The van der Waals surface area contributed by atoms with E-state index >= 15 is 0 Å². The first-order valence-corrected chi connectivity index (χ1v) is 15.9. The van der Waals surface area contributed by atoms with Gasteiger partial charge in [-0.25, -0.2) is 0 Å². The summed E-state index contributed by atoms with van der Waals surface area (Å²) in [5.74, 6) is -0.590. The average molecular weight is 693 g/mol. The molecule has 5 rings (SSSR count). The van der Waals surface area contributed by atoms with Crippen molar-refractivity contribution in [3.63, 3.8) is 0 Å². The van der Waals surface area contributed by atoms with E-state index in [1.54, 1.807) is 36.4 Å². The maximum absolute atomic E-state index is 11.7. The Morgan fingerprint density at radius 3 is 1.86 bits per heavy atom. The molecule has 1 aliphatic rings. The number of fused-ring (bicyclic) bond motifs is 2. The molecule has 50 heavy (non-hydrogen) atoms. The van der Waals surface area contributed by atoms with Gasteiger partial charge in [0.1, 0.15) is 42.0 Å². The number of carbonyl (C=O) groups is 1. The van der Waals surface area contributed by atoms with Crippen LogP contribution in [0, 0.1) is 0 Å². The Bertz CT molecular complexity index is 1820. The third kappa shape index (κ3) is 8.61. The van der Waals surface area contributed by atoms with Gasteiger partial charge in [0, 0.05) is 41.3 Å². The third-order valence-corrected chi connectivity index (χ3v) is 8.24. The highest BCUT2D eigenvalue weighted by Gasteiger charge is 2.48. The molecular weight excluding hydrogens is 652 g/mol. The molecule has 0 radical (unpaired) electrons. The maximum Gasteiger partial charge on any atom is 0.303 e. The van der Waals surface area contributed by atoms with Crippen molar-refractivity contribution in [1.82, 2.24) is 0 Å². The molecule has 0 bridgehead atoms. The second kappa shape index (κ2) is 16.9. The van der Waals surface area contributed by atoms with E-state index in [1.165, 1.54) is 24.6 Å². The second-order valence-electron chi connectivity index (χ2n) is 11.7. The van der Waals surface area contributed by atoms with Crippen molar-refractivity contribution in [1.29, 1.82) is 0 Å². The Labute approximate surface area is 287 Å². The number of hydrogen-bond donors (Lipinski definition) is 7. The zero-order valence-corrected chi connectivity index (χ0v) is 27.1. The number of phenols is 2. The molecule has 7 N–H and O–H groups in total. The summed E-state index contributed by atoms with van der Waals surface area (Å²) in [7, 11) is 0. The zero-order chi connectivity index (χ0) is 35.8. The van der Waals surface area contributed by atoms with E-state index in [2.05, 4.69) is 9.98 Å². The minimum atomic E-state index is -1.72. The maximum atomic E-state index is 11.7. The summed E-state index contributed by atoms with van der Waals surface area (Å²) in [6, 6.07) is 20.8. The number of benzene rings is 4. The van der Waals surface area contributed by atoms with Crippen LogP contribution in [0.4, 0.5) is 0 Å². The SMILES string of the molecule is CC(=O)O[C@H]1[C@H](O)[C@@H](O[C@H](CN=Cc2ccc(O)c3ccccc23)[C@H](CO)O[C@H](O)CN=Cc2ccc(O)c3ccccc23)O[C@@H](CO)[C@@H]1O. The van der Waals surface area contributed by atoms with Crippen LogP contribution in [0.25, 0.3) is 21.5 Å². The second-order valence-corrected chi connectivity index (χ2v) is 11.7. The molecule has 0 saturated carbocycles. The summed E-state index contributed by atoms with van der Waals surface area (Å²) < 4.78 is 22.5. The lowest BCUT2D eigenvalue weighted by Gasteiger charge is -2.42. The van der Waals surface area contributed by atoms with Crippen molar-refractivity contribution in [3.8, 4) is 11.5 Å². The molecule has 0 amide bonds. The van der Waals surface area contributed by atoms with Gasteiger partial charge >= 0.3 is 5.97 Å². The van der Waals surface area contributed by atoms with Crippen molar-refractivity contribution >= 4 is 39.9 Å². The number of rotatable bonds is 14. The zero-order valence-electron chi connectivity index (χ0n) is 27.1. The van der Waals surface area contributed by atoms with Crippen LogP contribution in [0.2, 0.25) is 0 Å². The van der Waals surface area contributed by atoms with Crippen molar-refractivity contribution < 1.29 is 59.5 Å². The van der Waals surface area contributed by atoms with Crippen LogP contribution in [0.15, 0.2) is 82.8 Å².